The smallest absolute Gasteiger partial charge is 0.0145 e. The van der Waals surface area contributed by atoms with Crippen molar-refractivity contribution in [3.63, 3.8) is 0 Å². The van der Waals surface area contributed by atoms with Gasteiger partial charge in [0, 0.05) is 5.92 Å². The summed E-state index contributed by atoms with van der Waals surface area (Å²) in [5, 5.41) is 0. The number of hydrogen-bond donors (Lipinski definition) is 0. The molecule has 2 fully saturated rings. The third-order valence-electron chi connectivity index (χ3n) is 5.19. The Morgan fingerprint density at radius 3 is 2.35 bits per heavy atom. The van der Waals surface area contributed by atoms with Gasteiger partial charge < -0.3 is 0 Å². The van der Waals surface area contributed by atoms with Crippen LogP contribution in [-0.2, 0) is 0 Å². The molecule has 0 spiro atoms. The molecule has 0 N–H and O–H groups in total. The van der Waals surface area contributed by atoms with E-state index in [-0.39, 0.29) is 0 Å². The van der Waals surface area contributed by atoms with Crippen LogP contribution in [0, 0.1) is 29.1 Å². The van der Waals surface area contributed by atoms with Crippen LogP contribution in [0.25, 0.3) is 0 Å². The van der Waals surface area contributed by atoms with Crippen LogP contribution in [0.4, 0.5) is 0 Å². The van der Waals surface area contributed by atoms with E-state index in [1.807, 2.05) is 0 Å². The summed E-state index contributed by atoms with van der Waals surface area (Å²) in [6.45, 7) is 7.23. The maximum Gasteiger partial charge on any atom is 0.0145 e. The van der Waals surface area contributed by atoms with Gasteiger partial charge in [0.2, 0.25) is 0 Å². The topological polar surface area (TPSA) is 0 Å². The highest BCUT2D eigenvalue weighted by atomic mass is 14.6. The van der Waals surface area contributed by atoms with E-state index in [2.05, 4.69) is 51.1 Å². The standard InChI is InChI=1S/C17H22/c1-12-14-10-7-11-15(14)16(17(12,2)3)13-8-5-4-6-9-13/h4-6,8-9,14-15H,7,10-11H2,1-3H3. The molecule has 0 amide bonds. The second-order valence-electron chi connectivity index (χ2n) is 6.23. The lowest BCUT2D eigenvalue weighted by molar-refractivity contribution is 0.425. The predicted octanol–water partition coefficient (Wildman–Crippen LogP) is 4.66. The van der Waals surface area contributed by atoms with E-state index >= 15 is 0 Å². The normalized spacial score (nSPS) is 32.9. The Kier molecular flexibility index (Phi) is 2.57. The molecule has 0 heteroatoms. The van der Waals surface area contributed by atoms with Gasteiger partial charge in [0.1, 0.15) is 0 Å². The van der Waals surface area contributed by atoms with E-state index in [9.17, 15) is 0 Å². The first-order valence-corrected chi connectivity index (χ1v) is 6.89. The monoisotopic (exact) mass is 226 g/mol. The third kappa shape index (κ3) is 1.57. The zero-order chi connectivity index (χ0) is 12.0. The zero-order valence-electron chi connectivity index (χ0n) is 11.2. The van der Waals surface area contributed by atoms with Crippen LogP contribution in [0.5, 0.6) is 0 Å². The van der Waals surface area contributed by atoms with Gasteiger partial charge in [-0.25, -0.2) is 0 Å². The molecule has 0 aromatic heterocycles. The van der Waals surface area contributed by atoms with Gasteiger partial charge in [-0.15, -0.1) is 0 Å². The number of hydrogen-bond acceptors (Lipinski definition) is 0. The van der Waals surface area contributed by atoms with Gasteiger partial charge in [0.05, 0.1) is 0 Å². The van der Waals surface area contributed by atoms with Crippen molar-refractivity contribution in [1.82, 2.24) is 0 Å². The van der Waals surface area contributed by atoms with Crippen molar-refractivity contribution in [1.29, 1.82) is 0 Å². The fraction of sp³-hybridized carbons (Fsp3) is 0.529. The lowest BCUT2D eigenvalue weighted by atomic mass is 9.70. The molecule has 17 heavy (non-hydrogen) atoms. The van der Waals surface area contributed by atoms with Crippen LogP contribution in [-0.4, -0.2) is 0 Å². The van der Waals surface area contributed by atoms with Crippen molar-refractivity contribution in [2.45, 2.75) is 40.0 Å². The molecule has 2 aliphatic rings. The summed E-state index contributed by atoms with van der Waals surface area (Å²) in [5.74, 6) is 5.12. The summed E-state index contributed by atoms with van der Waals surface area (Å²) in [6, 6.07) is 11.1. The fourth-order valence-electron chi connectivity index (χ4n) is 4.16. The lowest BCUT2D eigenvalue weighted by Gasteiger charge is -2.33. The molecule has 0 nitrogen and oxygen atoms in total. The highest BCUT2D eigenvalue weighted by Gasteiger charge is 2.55. The van der Waals surface area contributed by atoms with Crippen LogP contribution >= 0.6 is 0 Å². The summed E-state index contributed by atoms with van der Waals surface area (Å²) in [7, 11) is 0. The predicted molar refractivity (Wildman–Crippen MR) is 72.3 cm³/mol. The van der Waals surface area contributed by atoms with Crippen molar-refractivity contribution >= 4 is 0 Å². The zero-order valence-corrected chi connectivity index (χ0v) is 11.2. The molecule has 3 rings (SSSR count). The number of rotatable bonds is 1. The van der Waals surface area contributed by atoms with Gasteiger partial charge in [0.25, 0.3) is 0 Å². The summed E-state index contributed by atoms with van der Waals surface area (Å²) in [5.41, 5.74) is 1.78. The summed E-state index contributed by atoms with van der Waals surface area (Å²) in [6.07, 6.45) is 4.23. The second kappa shape index (κ2) is 3.86. The van der Waals surface area contributed by atoms with Crippen molar-refractivity contribution in [3.8, 4) is 0 Å². The maximum atomic E-state index is 2.42. The Labute approximate surface area is 105 Å². The Balaban J connectivity index is 2.02. The van der Waals surface area contributed by atoms with E-state index in [0.29, 0.717) is 5.41 Å². The average Bonchev–Trinajstić information content (AvgIpc) is 2.84. The highest BCUT2D eigenvalue weighted by Crippen LogP contribution is 2.63. The van der Waals surface area contributed by atoms with Crippen LogP contribution in [0.3, 0.4) is 0 Å². The van der Waals surface area contributed by atoms with E-state index < -0.39 is 0 Å². The number of benzene rings is 1. The van der Waals surface area contributed by atoms with Crippen LogP contribution < -0.4 is 0 Å². The quantitative estimate of drug-likeness (QED) is 0.653. The van der Waals surface area contributed by atoms with Crippen LogP contribution in [0.2, 0.25) is 0 Å². The minimum Gasteiger partial charge on any atom is -0.0622 e. The molecular formula is C17H22. The molecule has 2 unspecified atom stereocenters. The van der Waals surface area contributed by atoms with Crippen molar-refractivity contribution in [2.24, 2.45) is 17.3 Å². The maximum absolute atomic E-state index is 2.42. The molecule has 1 aromatic carbocycles. The Hall–Kier alpha value is -0.780. The Morgan fingerprint density at radius 2 is 1.65 bits per heavy atom. The molecule has 0 heterocycles. The molecule has 2 saturated carbocycles. The minimum absolute atomic E-state index is 0.303. The van der Waals surface area contributed by atoms with E-state index in [0.717, 1.165) is 11.8 Å². The molecule has 1 aromatic rings. The van der Waals surface area contributed by atoms with Crippen molar-refractivity contribution in [3.05, 3.63) is 47.7 Å². The van der Waals surface area contributed by atoms with E-state index in [1.54, 1.807) is 11.8 Å². The van der Waals surface area contributed by atoms with Gasteiger partial charge in [-0.1, -0.05) is 57.5 Å². The van der Waals surface area contributed by atoms with Crippen molar-refractivity contribution in [2.75, 3.05) is 0 Å². The molecule has 2 atom stereocenters. The number of fused-ring (bicyclic) bond motifs is 1. The molecule has 2 radical (unpaired) electrons. The van der Waals surface area contributed by atoms with E-state index in [1.165, 1.54) is 24.8 Å². The first-order valence-electron chi connectivity index (χ1n) is 6.89. The third-order valence-corrected chi connectivity index (χ3v) is 5.19. The molecule has 0 bridgehead atoms. The highest BCUT2D eigenvalue weighted by molar-refractivity contribution is 5.44. The molecular weight excluding hydrogens is 204 g/mol. The van der Waals surface area contributed by atoms with Gasteiger partial charge in [-0.2, -0.15) is 0 Å². The fourth-order valence-corrected chi connectivity index (χ4v) is 4.16. The molecule has 0 saturated heterocycles. The van der Waals surface area contributed by atoms with Crippen molar-refractivity contribution < 1.29 is 0 Å². The van der Waals surface area contributed by atoms with Gasteiger partial charge in [-0.3, -0.25) is 0 Å². The van der Waals surface area contributed by atoms with Gasteiger partial charge in [-0.05, 0) is 41.6 Å². The molecule has 0 aliphatic heterocycles. The minimum atomic E-state index is 0.303. The molecule has 2 aliphatic carbocycles. The largest absolute Gasteiger partial charge is 0.0622 e. The Morgan fingerprint density at radius 1 is 1.00 bits per heavy atom. The summed E-state index contributed by atoms with van der Waals surface area (Å²) < 4.78 is 0. The SMILES string of the molecule is C[C]1C2CCCC2[C](c2ccccc2)C1(C)C. The van der Waals surface area contributed by atoms with Crippen LogP contribution in [0.1, 0.15) is 45.6 Å². The average molecular weight is 226 g/mol. The van der Waals surface area contributed by atoms with E-state index in [4.69, 9.17) is 0 Å². The Bertz CT molecular complexity index is 390. The first-order chi connectivity index (χ1) is 8.12. The van der Waals surface area contributed by atoms with Crippen LogP contribution in [0.15, 0.2) is 30.3 Å². The lowest BCUT2D eigenvalue weighted by Crippen LogP contribution is -2.24. The second-order valence-corrected chi connectivity index (χ2v) is 6.23. The summed E-state index contributed by atoms with van der Waals surface area (Å²) >= 11 is 0. The molecule has 90 valence electrons. The summed E-state index contributed by atoms with van der Waals surface area (Å²) in [4.78, 5) is 0. The van der Waals surface area contributed by atoms with Gasteiger partial charge in [0.15, 0.2) is 0 Å². The van der Waals surface area contributed by atoms with Gasteiger partial charge >= 0.3 is 0 Å². The first kappa shape index (κ1) is 11.3.